The summed E-state index contributed by atoms with van der Waals surface area (Å²) in [5, 5.41) is 1.73. The highest BCUT2D eigenvalue weighted by Gasteiger charge is 2.51. The summed E-state index contributed by atoms with van der Waals surface area (Å²) in [7, 11) is 1.22. The molecule has 1 aliphatic heterocycles. The van der Waals surface area contributed by atoms with E-state index < -0.39 is 29.8 Å². The lowest BCUT2D eigenvalue weighted by Crippen LogP contribution is -2.33. The average Bonchev–Trinajstić information content (AvgIpc) is 3.20. The summed E-state index contributed by atoms with van der Waals surface area (Å²) in [6.07, 6.45) is -0.617. The first kappa shape index (κ1) is 18.9. The van der Waals surface area contributed by atoms with Crippen molar-refractivity contribution in [3.63, 3.8) is 0 Å². The Kier molecular flexibility index (Phi) is 5.40. The number of Topliss-reactive ketones (excluding diaryl/α,β-unsaturated/α-hetero) is 1. The second kappa shape index (κ2) is 8.29. The van der Waals surface area contributed by atoms with Crippen LogP contribution < -0.4 is 5.06 Å². The van der Waals surface area contributed by atoms with Crippen molar-refractivity contribution in [2.45, 2.75) is 12.1 Å². The molecule has 146 valence electrons. The maximum atomic E-state index is 13.1. The molecule has 29 heavy (non-hydrogen) atoms. The molecule has 1 saturated heterocycles. The Morgan fingerprint density at radius 1 is 0.793 bits per heavy atom. The highest BCUT2D eigenvalue weighted by molar-refractivity contribution is 6.34. The third-order valence-electron chi connectivity index (χ3n) is 5.12. The van der Waals surface area contributed by atoms with Gasteiger partial charge in [0, 0.05) is 0 Å². The Bertz CT molecular complexity index is 976. The van der Waals surface area contributed by atoms with Crippen molar-refractivity contribution in [1.82, 2.24) is 0 Å². The zero-order valence-corrected chi connectivity index (χ0v) is 16.0. The van der Waals surface area contributed by atoms with E-state index in [1.54, 1.807) is 5.06 Å². The Labute approximate surface area is 169 Å². The van der Waals surface area contributed by atoms with Crippen LogP contribution in [0.5, 0.6) is 0 Å². The van der Waals surface area contributed by atoms with E-state index in [4.69, 9.17) is 9.57 Å². The summed E-state index contributed by atoms with van der Waals surface area (Å²) in [4.78, 5) is 31.7. The first-order valence-electron chi connectivity index (χ1n) is 9.44. The van der Waals surface area contributed by atoms with E-state index in [-0.39, 0.29) is 0 Å². The molecule has 5 heteroatoms. The molecule has 0 aliphatic carbocycles. The van der Waals surface area contributed by atoms with Gasteiger partial charge in [-0.05, 0) is 23.3 Å². The second-order valence-electron chi connectivity index (χ2n) is 6.84. The number of hydrogen-bond donors (Lipinski definition) is 0. The minimum Gasteiger partial charge on any atom is -0.463 e. The summed E-state index contributed by atoms with van der Waals surface area (Å²) < 4.78 is 4.77. The number of ether oxygens (including phenoxy) is 1. The SMILES string of the molecule is COC(=O)C(=O)[C@@H]1[C@@H](c2ccccc2)N(c2ccccc2)O[C@H]1c1ccccc1. The number of hydrogen-bond acceptors (Lipinski definition) is 5. The van der Waals surface area contributed by atoms with Crippen molar-refractivity contribution >= 4 is 17.4 Å². The van der Waals surface area contributed by atoms with Crippen molar-refractivity contribution in [3.05, 3.63) is 102 Å². The number of ketones is 1. The Morgan fingerprint density at radius 3 is 1.86 bits per heavy atom. The number of carbonyl (C=O) groups excluding carboxylic acids is 2. The molecule has 0 saturated carbocycles. The number of hydroxylamine groups is 1. The minimum absolute atomic E-state index is 0.476. The zero-order valence-electron chi connectivity index (χ0n) is 16.0. The van der Waals surface area contributed by atoms with Crippen LogP contribution in [0.4, 0.5) is 5.69 Å². The van der Waals surface area contributed by atoms with Gasteiger partial charge in [-0.25, -0.2) is 9.86 Å². The monoisotopic (exact) mass is 387 g/mol. The zero-order chi connectivity index (χ0) is 20.2. The summed E-state index contributed by atoms with van der Waals surface area (Å²) in [5.74, 6) is -2.23. The quantitative estimate of drug-likeness (QED) is 0.483. The van der Waals surface area contributed by atoms with Gasteiger partial charge < -0.3 is 4.74 Å². The van der Waals surface area contributed by atoms with Crippen LogP contribution in [0.1, 0.15) is 23.3 Å². The van der Waals surface area contributed by atoms with Crippen LogP contribution in [0, 0.1) is 5.92 Å². The van der Waals surface area contributed by atoms with Crippen LogP contribution in [-0.4, -0.2) is 18.9 Å². The number of esters is 1. The third-order valence-corrected chi connectivity index (χ3v) is 5.12. The van der Waals surface area contributed by atoms with Gasteiger partial charge in [0.2, 0.25) is 5.78 Å². The second-order valence-corrected chi connectivity index (χ2v) is 6.84. The maximum Gasteiger partial charge on any atom is 0.374 e. The normalized spacial score (nSPS) is 21.0. The fourth-order valence-electron chi connectivity index (χ4n) is 3.78. The smallest absolute Gasteiger partial charge is 0.374 e. The van der Waals surface area contributed by atoms with Gasteiger partial charge in [0.05, 0.1) is 24.8 Å². The number of rotatable bonds is 5. The number of benzene rings is 3. The van der Waals surface area contributed by atoms with Gasteiger partial charge in [-0.1, -0.05) is 78.9 Å². The van der Waals surface area contributed by atoms with Crippen molar-refractivity contribution in [2.75, 3.05) is 12.2 Å². The topological polar surface area (TPSA) is 55.8 Å². The molecule has 1 heterocycles. The molecule has 1 aliphatic rings. The summed E-state index contributed by atoms with van der Waals surface area (Å²) in [6.45, 7) is 0. The first-order chi connectivity index (χ1) is 14.2. The molecule has 3 aromatic rings. The van der Waals surface area contributed by atoms with E-state index in [0.717, 1.165) is 16.8 Å². The van der Waals surface area contributed by atoms with Crippen LogP contribution in [0.2, 0.25) is 0 Å². The molecule has 0 unspecified atom stereocenters. The van der Waals surface area contributed by atoms with Gasteiger partial charge in [-0.3, -0.25) is 9.63 Å². The molecule has 1 fully saturated rings. The number of nitrogens with zero attached hydrogens (tertiary/aromatic N) is 1. The Morgan fingerprint density at radius 2 is 1.31 bits per heavy atom. The lowest BCUT2D eigenvalue weighted by Gasteiger charge is -2.26. The van der Waals surface area contributed by atoms with Gasteiger partial charge in [-0.15, -0.1) is 0 Å². The van der Waals surface area contributed by atoms with Crippen molar-refractivity contribution < 1.29 is 19.2 Å². The molecule has 0 radical (unpaired) electrons. The third kappa shape index (κ3) is 3.65. The summed E-state index contributed by atoms with van der Waals surface area (Å²) in [5.41, 5.74) is 2.52. The van der Waals surface area contributed by atoms with E-state index in [9.17, 15) is 9.59 Å². The molecule has 0 spiro atoms. The number of anilines is 1. The summed E-state index contributed by atoms with van der Waals surface area (Å²) in [6, 6.07) is 28.2. The fraction of sp³-hybridized carbons (Fsp3) is 0.167. The summed E-state index contributed by atoms with van der Waals surface area (Å²) >= 11 is 0. The molecular weight excluding hydrogens is 366 g/mol. The lowest BCUT2D eigenvalue weighted by atomic mass is 9.83. The minimum atomic E-state index is -0.865. The predicted octanol–water partition coefficient (Wildman–Crippen LogP) is 4.28. The standard InChI is InChI=1S/C24H21NO4/c1-28-24(27)22(26)20-21(17-11-5-2-6-12-17)25(19-15-9-4-10-16-19)29-23(20)18-13-7-3-8-14-18/h2-16,20-21,23H,1H3/t20-,21+,23-/m0/s1. The van der Waals surface area contributed by atoms with Gasteiger partial charge in [0.15, 0.2) is 0 Å². The van der Waals surface area contributed by atoms with E-state index in [2.05, 4.69) is 0 Å². The van der Waals surface area contributed by atoms with Gasteiger partial charge in [0.1, 0.15) is 6.10 Å². The molecule has 0 aromatic heterocycles. The first-order valence-corrected chi connectivity index (χ1v) is 9.44. The average molecular weight is 387 g/mol. The molecule has 4 rings (SSSR count). The predicted molar refractivity (Wildman–Crippen MR) is 109 cm³/mol. The van der Waals surface area contributed by atoms with Crippen LogP contribution in [0.15, 0.2) is 91.0 Å². The van der Waals surface area contributed by atoms with Gasteiger partial charge in [-0.2, -0.15) is 0 Å². The number of para-hydroxylation sites is 1. The molecular formula is C24H21NO4. The Balaban J connectivity index is 1.86. The van der Waals surface area contributed by atoms with Crippen LogP contribution in [-0.2, 0) is 19.2 Å². The van der Waals surface area contributed by atoms with E-state index in [0.29, 0.717) is 0 Å². The number of carbonyl (C=O) groups is 2. The van der Waals surface area contributed by atoms with E-state index >= 15 is 0 Å². The Hall–Kier alpha value is -3.44. The van der Waals surface area contributed by atoms with Crippen LogP contribution in [0.3, 0.4) is 0 Å². The largest absolute Gasteiger partial charge is 0.463 e. The molecule has 3 aromatic carbocycles. The molecule has 5 nitrogen and oxygen atoms in total. The molecule has 0 bridgehead atoms. The highest BCUT2D eigenvalue weighted by Crippen LogP contribution is 2.49. The van der Waals surface area contributed by atoms with E-state index in [1.165, 1.54) is 7.11 Å². The van der Waals surface area contributed by atoms with Gasteiger partial charge in [0.25, 0.3) is 0 Å². The lowest BCUT2D eigenvalue weighted by molar-refractivity contribution is -0.154. The number of methoxy groups -OCH3 is 1. The maximum absolute atomic E-state index is 13.1. The molecule has 0 N–H and O–H groups in total. The van der Waals surface area contributed by atoms with Crippen LogP contribution >= 0.6 is 0 Å². The van der Waals surface area contributed by atoms with Crippen molar-refractivity contribution in [1.29, 1.82) is 0 Å². The molecule has 3 atom stereocenters. The molecule has 0 amide bonds. The van der Waals surface area contributed by atoms with Crippen LogP contribution in [0.25, 0.3) is 0 Å². The highest BCUT2D eigenvalue weighted by atomic mass is 16.7. The van der Waals surface area contributed by atoms with Gasteiger partial charge >= 0.3 is 5.97 Å². The fourth-order valence-corrected chi connectivity index (χ4v) is 3.78. The van der Waals surface area contributed by atoms with Crippen molar-refractivity contribution in [3.8, 4) is 0 Å². The van der Waals surface area contributed by atoms with E-state index in [1.807, 2.05) is 91.0 Å². The van der Waals surface area contributed by atoms with Crippen molar-refractivity contribution in [2.24, 2.45) is 5.92 Å².